The van der Waals surface area contributed by atoms with Crippen molar-refractivity contribution in [1.82, 2.24) is 0 Å². The molecule has 1 saturated carbocycles. The smallest absolute Gasteiger partial charge is 0.273 e. The van der Waals surface area contributed by atoms with Gasteiger partial charge in [-0.1, -0.05) is 32.1 Å². The number of rotatable bonds is 5. The molecule has 1 aliphatic carbocycles. The Labute approximate surface area is 128 Å². The average molecular weight is 341 g/mol. The normalized spacial score (nSPS) is 16.1. The molecule has 0 amide bonds. The maximum absolute atomic E-state index is 10.9. The lowest BCUT2D eigenvalue weighted by Gasteiger charge is -2.21. The van der Waals surface area contributed by atoms with E-state index in [1.165, 1.54) is 38.5 Å². The van der Waals surface area contributed by atoms with Crippen LogP contribution in [0.3, 0.4) is 0 Å². The highest BCUT2D eigenvalue weighted by atomic mass is 79.9. The summed E-state index contributed by atoms with van der Waals surface area (Å²) in [5.41, 5.74) is 1.80. The first-order chi connectivity index (χ1) is 9.58. The highest BCUT2D eigenvalue weighted by Gasteiger charge is 2.15. The maximum atomic E-state index is 10.9. The Morgan fingerprint density at radius 3 is 2.70 bits per heavy atom. The van der Waals surface area contributed by atoms with E-state index in [2.05, 4.69) is 21.2 Å². The molecule has 0 aromatic heterocycles. The van der Waals surface area contributed by atoms with Crippen molar-refractivity contribution in [2.24, 2.45) is 5.92 Å². The fourth-order valence-corrected chi connectivity index (χ4v) is 3.36. The van der Waals surface area contributed by atoms with E-state index in [0.717, 1.165) is 22.6 Å². The van der Waals surface area contributed by atoms with Crippen molar-refractivity contribution >= 4 is 27.3 Å². The Balaban J connectivity index is 1.92. The fourth-order valence-electron chi connectivity index (χ4n) is 2.89. The van der Waals surface area contributed by atoms with Gasteiger partial charge in [0.1, 0.15) is 0 Å². The van der Waals surface area contributed by atoms with Crippen molar-refractivity contribution < 1.29 is 4.92 Å². The van der Waals surface area contributed by atoms with Gasteiger partial charge in [-0.15, -0.1) is 0 Å². The molecule has 1 aliphatic rings. The number of nitro groups is 1. The van der Waals surface area contributed by atoms with Gasteiger partial charge in [-0.3, -0.25) is 10.1 Å². The van der Waals surface area contributed by atoms with Gasteiger partial charge in [0.2, 0.25) is 0 Å². The molecule has 1 aromatic rings. The molecule has 1 N–H and O–H groups in total. The maximum Gasteiger partial charge on any atom is 0.273 e. The summed E-state index contributed by atoms with van der Waals surface area (Å²) in [6.45, 7) is 2.71. The van der Waals surface area contributed by atoms with Gasteiger partial charge in [0.15, 0.2) is 0 Å². The lowest BCUT2D eigenvalue weighted by Crippen LogP contribution is -2.12. The van der Waals surface area contributed by atoms with E-state index in [1.807, 2.05) is 6.07 Å². The van der Waals surface area contributed by atoms with Crippen molar-refractivity contribution in [2.45, 2.75) is 45.4 Å². The molecule has 0 aliphatic heterocycles. The number of hydrogen-bond acceptors (Lipinski definition) is 3. The molecular formula is C15H21BrN2O2. The minimum atomic E-state index is -0.341. The first-order valence-corrected chi connectivity index (χ1v) is 8.05. The lowest BCUT2D eigenvalue weighted by atomic mass is 9.87. The zero-order valence-electron chi connectivity index (χ0n) is 11.8. The van der Waals surface area contributed by atoms with Crippen molar-refractivity contribution in [1.29, 1.82) is 0 Å². The van der Waals surface area contributed by atoms with Crippen LogP contribution >= 0.6 is 15.9 Å². The highest BCUT2D eigenvalue weighted by Crippen LogP contribution is 2.31. The third-order valence-corrected chi connectivity index (χ3v) is 4.73. The van der Waals surface area contributed by atoms with Gasteiger partial charge in [-0.25, -0.2) is 0 Å². The van der Waals surface area contributed by atoms with Gasteiger partial charge in [0.25, 0.3) is 5.69 Å². The number of nitro benzene ring substituents is 1. The topological polar surface area (TPSA) is 55.2 Å². The summed E-state index contributed by atoms with van der Waals surface area (Å²) in [5, 5.41) is 14.3. The first-order valence-electron chi connectivity index (χ1n) is 7.26. The van der Waals surface area contributed by atoms with Crippen molar-refractivity contribution in [3.63, 3.8) is 0 Å². The summed E-state index contributed by atoms with van der Waals surface area (Å²) in [5.74, 6) is 0.842. The number of aryl methyl sites for hydroxylation is 1. The summed E-state index contributed by atoms with van der Waals surface area (Å²) in [4.78, 5) is 10.5. The molecule has 0 saturated heterocycles. The van der Waals surface area contributed by atoms with Gasteiger partial charge >= 0.3 is 0 Å². The highest BCUT2D eigenvalue weighted by molar-refractivity contribution is 9.10. The van der Waals surface area contributed by atoms with E-state index < -0.39 is 0 Å². The van der Waals surface area contributed by atoms with Gasteiger partial charge < -0.3 is 5.32 Å². The van der Waals surface area contributed by atoms with Crippen LogP contribution < -0.4 is 5.32 Å². The van der Waals surface area contributed by atoms with E-state index in [1.54, 1.807) is 13.0 Å². The summed E-state index contributed by atoms with van der Waals surface area (Å²) < 4.78 is 0.762. The zero-order valence-corrected chi connectivity index (χ0v) is 13.4. The van der Waals surface area contributed by atoms with E-state index in [-0.39, 0.29) is 10.6 Å². The van der Waals surface area contributed by atoms with Gasteiger partial charge in [0.05, 0.1) is 4.92 Å². The minimum absolute atomic E-state index is 0.162. The number of nitrogens with one attached hydrogen (secondary N) is 1. The van der Waals surface area contributed by atoms with Crippen molar-refractivity contribution in [2.75, 3.05) is 11.9 Å². The standard InChI is InChI=1S/C15H21BrN2O2/c1-11-9-14(13(16)10-15(11)18(19)20)17-8-7-12-5-3-2-4-6-12/h9-10,12,17H,2-8H2,1H3. The van der Waals surface area contributed by atoms with Crippen LogP contribution in [0, 0.1) is 23.0 Å². The molecule has 4 nitrogen and oxygen atoms in total. The quantitative estimate of drug-likeness (QED) is 0.602. The third-order valence-electron chi connectivity index (χ3n) is 4.08. The van der Waals surface area contributed by atoms with Crippen LogP contribution in [0.25, 0.3) is 0 Å². The van der Waals surface area contributed by atoms with E-state index in [9.17, 15) is 10.1 Å². The predicted molar refractivity (Wildman–Crippen MR) is 85.2 cm³/mol. The Hall–Kier alpha value is -1.10. The number of halogens is 1. The fraction of sp³-hybridized carbons (Fsp3) is 0.600. The summed E-state index contributed by atoms with van der Waals surface area (Å²) in [7, 11) is 0. The molecule has 0 bridgehead atoms. The van der Waals surface area contributed by atoms with Gasteiger partial charge in [-0.2, -0.15) is 0 Å². The second-order valence-corrected chi connectivity index (χ2v) is 6.45. The Morgan fingerprint density at radius 1 is 1.35 bits per heavy atom. The first kappa shape index (κ1) is 15.3. The van der Waals surface area contributed by atoms with Crippen LogP contribution in [0.15, 0.2) is 16.6 Å². The van der Waals surface area contributed by atoms with Crippen LogP contribution in [-0.2, 0) is 0 Å². The number of anilines is 1. The molecule has 2 rings (SSSR count). The molecule has 0 atom stereocenters. The molecule has 20 heavy (non-hydrogen) atoms. The summed E-state index contributed by atoms with van der Waals surface area (Å²) in [6, 6.07) is 3.43. The van der Waals surface area contributed by atoms with Crippen LogP contribution in [0.1, 0.15) is 44.1 Å². The Kier molecular flexibility index (Phi) is 5.40. The van der Waals surface area contributed by atoms with E-state index in [0.29, 0.717) is 5.56 Å². The van der Waals surface area contributed by atoms with Crippen molar-refractivity contribution in [3.05, 3.63) is 32.3 Å². The molecule has 0 unspecified atom stereocenters. The number of nitrogens with zero attached hydrogens (tertiary/aromatic N) is 1. The van der Waals surface area contributed by atoms with Crippen LogP contribution in [-0.4, -0.2) is 11.5 Å². The van der Waals surface area contributed by atoms with Crippen LogP contribution in [0.5, 0.6) is 0 Å². The molecule has 0 heterocycles. The molecule has 1 aromatic carbocycles. The van der Waals surface area contributed by atoms with Gasteiger partial charge in [-0.05, 0) is 41.3 Å². The van der Waals surface area contributed by atoms with E-state index in [4.69, 9.17) is 0 Å². The van der Waals surface area contributed by atoms with Gasteiger partial charge in [0, 0.05) is 28.3 Å². The minimum Gasteiger partial charge on any atom is -0.384 e. The molecule has 1 fully saturated rings. The van der Waals surface area contributed by atoms with Crippen LogP contribution in [0.4, 0.5) is 11.4 Å². The summed E-state index contributed by atoms with van der Waals surface area (Å²) in [6.07, 6.45) is 8.00. The molecular weight excluding hydrogens is 320 g/mol. The molecule has 110 valence electrons. The Morgan fingerprint density at radius 2 is 2.05 bits per heavy atom. The molecule has 0 radical (unpaired) electrons. The lowest BCUT2D eigenvalue weighted by molar-refractivity contribution is -0.385. The summed E-state index contributed by atoms with van der Waals surface area (Å²) >= 11 is 3.41. The van der Waals surface area contributed by atoms with Crippen molar-refractivity contribution in [3.8, 4) is 0 Å². The predicted octanol–water partition coefficient (Wildman–Crippen LogP) is 5.05. The number of benzene rings is 1. The zero-order chi connectivity index (χ0) is 14.5. The molecule has 0 spiro atoms. The van der Waals surface area contributed by atoms with Crippen LogP contribution in [0.2, 0.25) is 0 Å². The Bertz CT molecular complexity index is 485. The monoisotopic (exact) mass is 340 g/mol. The SMILES string of the molecule is Cc1cc(NCCC2CCCCC2)c(Br)cc1[N+](=O)[O-]. The average Bonchev–Trinajstić information content (AvgIpc) is 2.43. The second-order valence-electron chi connectivity index (χ2n) is 5.60. The largest absolute Gasteiger partial charge is 0.384 e. The second kappa shape index (κ2) is 7.07. The van der Waals surface area contributed by atoms with E-state index >= 15 is 0 Å². The molecule has 5 heteroatoms. The number of hydrogen-bond donors (Lipinski definition) is 1. The third kappa shape index (κ3) is 3.95.